The minimum Gasteiger partial charge on any atom is -0.506 e. The molecule has 0 bridgehead atoms. The molecule has 6 heterocycles. The summed E-state index contributed by atoms with van der Waals surface area (Å²) >= 11 is 0. The molecule has 12 aromatic rings. The summed E-state index contributed by atoms with van der Waals surface area (Å²) in [5, 5.41) is 13.0. The SMILES string of the molecule is Oc1cccc2nc3c4ccccc4n4c5cccc(-c6[c-]c7c(cc6)nc6c8ccccc8n8c9ccccc9nc8n76)c5nc4n3c12.[Pt]. The van der Waals surface area contributed by atoms with E-state index in [9.17, 15) is 5.11 Å². The molecule has 12 rings (SSSR count). The fourth-order valence-corrected chi connectivity index (χ4v) is 7.83. The summed E-state index contributed by atoms with van der Waals surface area (Å²) in [7, 11) is 0. The number of fused-ring (bicyclic) bond motifs is 20. The van der Waals surface area contributed by atoms with Gasteiger partial charge in [-0.15, -0.1) is 23.8 Å². The van der Waals surface area contributed by atoms with Gasteiger partial charge in [0.25, 0.3) is 0 Å². The second-order valence-corrected chi connectivity index (χ2v) is 12.5. The van der Waals surface area contributed by atoms with Crippen molar-refractivity contribution in [1.29, 1.82) is 0 Å². The second kappa shape index (κ2) is 9.65. The van der Waals surface area contributed by atoms with Gasteiger partial charge in [-0.25, -0.2) is 15.0 Å². The van der Waals surface area contributed by atoms with E-state index in [1.807, 2.05) is 46.9 Å². The largest absolute Gasteiger partial charge is 0.506 e. The molecule has 0 aliphatic carbocycles. The molecule has 238 valence electrons. The molecule has 50 heavy (non-hydrogen) atoms. The maximum Gasteiger partial charge on any atom is 0.221 e. The molecule has 0 saturated carbocycles. The number of imidazole rings is 4. The zero-order chi connectivity index (χ0) is 32.0. The molecule has 0 unspecified atom stereocenters. The van der Waals surface area contributed by atoms with Gasteiger partial charge in [-0.3, -0.25) is 22.6 Å². The van der Waals surface area contributed by atoms with Crippen LogP contribution in [0.25, 0.3) is 99.9 Å². The average molecular weight is 825 g/mol. The van der Waals surface area contributed by atoms with Gasteiger partial charge in [0.2, 0.25) is 11.6 Å². The monoisotopic (exact) mass is 824 g/mol. The summed E-state index contributed by atoms with van der Waals surface area (Å²) < 4.78 is 8.47. The van der Waals surface area contributed by atoms with E-state index < -0.39 is 0 Å². The molecule has 0 spiro atoms. The molecule has 0 aliphatic rings. The second-order valence-electron chi connectivity index (χ2n) is 12.5. The van der Waals surface area contributed by atoms with E-state index in [2.05, 4.69) is 92.1 Å². The first-order valence-electron chi connectivity index (χ1n) is 16.1. The summed E-state index contributed by atoms with van der Waals surface area (Å²) in [5.41, 5.74) is 12.2. The number of nitrogens with zero attached hydrogens (tertiary/aromatic N) is 8. The minimum absolute atomic E-state index is 0. The standard InChI is InChI=1S/C40H21N8O.Pt/c49-34-18-8-13-28-36(34)48-38(42-28)25-10-2-5-15-30(25)46-32-17-7-11-23(35(32)44-40(46)48)22-19-20-27-33(21-22)47-37(41-27)24-9-1-4-14-29(24)45-31-16-6-3-12-26(31)43-39(45)47;/h1-20,49H;/q-1;. The maximum absolute atomic E-state index is 11.0. The van der Waals surface area contributed by atoms with Crippen LogP contribution in [0.2, 0.25) is 0 Å². The molecular formula is C40H21N8OPt-. The zero-order valence-electron chi connectivity index (χ0n) is 25.9. The predicted octanol–water partition coefficient (Wildman–Crippen LogP) is 8.37. The molecule has 0 fully saturated rings. The summed E-state index contributed by atoms with van der Waals surface area (Å²) in [6.07, 6.45) is 0. The van der Waals surface area contributed by atoms with Gasteiger partial charge in [0.1, 0.15) is 22.6 Å². The van der Waals surface area contributed by atoms with Gasteiger partial charge in [-0.2, -0.15) is 0 Å². The minimum atomic E-state index is 0. The van der Waals surface area contributed by atoms with Crippen molar-refractivity contribution in [1.82, 2.24) is 37.5 Å². The Morgan fingerprint density at radius 2 is 1.10 bits per heavy atom. The Bertz CT molecular complexity index is 3420. The maximum atomic E-state index is 11.0. The Morgan fingerprint density at radius 1 is 0.480 bits per heavy atom. The Balaban J connectivity index is 0.00000300. The third-order valence-corrected chi connectivity index (χ3v) is 9.89. The number of rotatable bonds is 1. The summed E-state index contributed by atoms with van der Waals surface area (Å²) in [4.78, 5) is 20.5. The topological polar surface area (TPSA) is 89.4 Å². The number of hydrogen-bond donors (Lipinski definition) is 1. The van der Waals surface area contributed by atoms with E-state index in [-0.39, 0.29) is 26.8 Å². The van der Waals surface area contributed by atoms with Gasteiger partial charge in [-0.05, 0) is 60.1 Å². The number of aromatic hydroxyl groups is 1. The van der Waals surface area contributed by atoms with Crippen LogP contribution in [0.3, 0.4) is 0 Å². The van der Waals surface area contributed by atoms with Gasteiger partial charge in [0.05, 0.1) is 38.6 Å². The molecule has 0 atom stereocenters. The van der Waals surface area contributed by atoms with Crippen LogP contribution in [0.15, 0.2) is 121 Å². The quantitative estimate of drug-likeness (QED) is 0.168. The van der Waals surface area contributed by atoms with Crippen molar-refractivity contribution >= 4 is 88.8 Å². The van der Waals surface area contributed by atoms with Crippen molar-refractivity contribution in [2.75, 3.05) is 0 Å². The van der Waals surface area contributed by atoms with Crippen LogP contribution in [-0.2, 0) is 21.1 Å². The molecule has 6 aromatic carbocycles. The van der Waals surface area contributed by atoms with E-state index in [1.54, 1.807) is 6.07 Å². The average Bonchev–Trinajstić information content (AvgIpc) is 3.91. The van der Waals surface area contributed by atoms with Gasteiger partial charge < -0.3 is 5.11 Å². The van der Waals surface area contributed by atoms with Crippen molar-refractivity contribution in [3.63, 3.8) is 0 Å². The molecule has 0 saturated heterocycles. The normalized spacial score (nSPS) is 12.3. The van der Waals surface area contributed by atoms with Crippen molar-refractivity contribution in [2.24, 2.45) is 0 Å². The number of benzene rings is 6. The van der Waals surface area contributed by atoms with Crippen LogP contribution in [-0.4, -0.2) is 42.6 Å². The van der Waals surface area contributed by atoms with Crippen LogP contribution < -0.4 is 0 Å². The van der Waals surface area contributed by atoms with E-state index in [1.165, 1.54) is 0 Å². The fourth-order valence-electron chi connectivity index (χ4n) is 7.83. The number of phenols is 1. The Morgan fingerprint density at radius 3 is 1.92 bits per heavy atom. The van der Waals surface area contributed by atoms with Crippen LogP contribution >= 0.6 is 0 Å². The molecule has 1 N–H and O–H groups in total. The molecule has 0 radical (unpaired) electrons. The Kier molecular flexibility index (Phi) is 5.33. The van der Waals surface area contributed by atoms with E-state index in [4.69, 9.17) is 19.9 Å². The summed E-state index contributed by atoms with van der Waals surface area (Å²) in [6, 6.07) is 44.3. The van der Waals surface area contributed by atoms with Crippen molar-refractivity contribution in [3.05, 3.63) is 127 Å². The molecule has 0 aliphatic heterocycles. The van der Waals surface area contributed by atoms with Gasteiger partial charge in [0.15, 0.2) is 0 Å². The molecule has 9 nitrogen and oxygen atoms in total. The predicted molar refractivity (Wildman–Crippen MR) is 192 cm³/mol. The van der Waals surface area contributed by atoms with Gasteiger partial charge in [-0.1, -0.05) is 60.2 Å². The number of hydrogen-bond acceptors (Lipinski definition) is 5. The van der Waals surface area contributed by atoms with Crippen LogP contribution in [0, 0.1) is 6.07 Å². The Labute approximate surface area is 295 Å². The first kappa shape index (κ1) is 27.6. The van der Waals surface area contributed by atoms with Crippen molar-refractivity contribution in [2.45, 2.75) is 0 Å². The molecular weight excluding hydrogens is 804 g/mol. The first-order chi connectivity index (χ1) is 24.2. The third kappa shape index (κ3) is 3.34. The van der Waals surface area contributed by atoms with Crippen LogP contribution in [0.4, 0.5) is 0 Å². The van der Waals surface area contributed by atoms with E-state index in [0.717, 1.165) is 83.1 Å². The molecule has 0 amide bonds. The third-order valence-electron chi connectivity index (χ3n) is 9.89. The van der Waals surface area contributed by atoms with Crippen molar-refractivity contribution < 1.29 is 26.2 Å². The summed E-state index contributed by atoms with van der Waals surface area (Å²) in [6.45, 7) is 0. The number of para-hydroxylation sites is 6. The zero-order valence-corrected chi connectivity index (χ0v) is 28.2. The van der Waals surface area contributed by atoms with Gasteiger partial charge in [0, 0.05) is 37.4 Å². The number of phenolic OH excluding ortho intramolecular Hbond substituents is 1. The Hall–Kier alpha value is -6.31. The van der Waals surface area contributed by atoms with Crippen molar-refractivity contribution in [3.8, 4) is 16.9 Å². The first-order valence-corrected chi connectivity index (χ1v) is 16.1. The van der Waals surface area contributed by atoms with Gasteiger partial charge >= 0.3 is 0 Å². The molecule has 10 heteroatoms. The van der Waals surface area contributed by atoms with Crippen LogP contribution in [0.5, 0.6) is 5.75 Å². The molecule has 6 aromatic heterocycles. The number of aromatic nitrogens is 8. The fraction of sp³-hybridized carbons (Fsp3) is 0. The summed E-state index contributed by atoms with van der Waals surface area (Å²) in [5.74, 6) is 1.62. The smallest absolute Gasteiger partial charge is 0.221 e. The van der Waals surface area contributed by atoms with E-state index in [0.29, 0.717) is 16.8 Å². The van der Waals surface area contributed by atoms with Crippen LogP contribution in [0.1, 0.15) is 0 Å². The van der Waals surface area contributed by atoms with E-state index >= 15 is 0 Å².